The van der Waals surface area contributed by atoms with Crippen LogP contribution in [0.15, 0.2) is 72.4 Å². The average molecular weight is 358 g/mol. The van der Waals surface area contributed by atoms with E-state index in [1.54, 1.807) is 11.3 Å². The zero-order valence-corrected chi connectivity index (χ0v) is 15.1. The predicted octanol–water partition coefficient (Wildman–Crippen LogP) is 4.75. The maximum atomic E-state index is 4.72. The first-order chi connectivity index (χ1) is 12.9. The minimum Gasteiger partial charge on any atom is -0.351 e. The molecule has 0 unspecified atom stereocenters. The van der Waals surface area contributed by atoms with Gasteiger partial charge in [0.25, 0.3) is 0 Å². The molecule has 4 nitrogen and oxygen atoms in total. The van der Waals surface area contributed by atoms with Crippen molar-refractivity contribution in [1.82, 2.24) is 14.6 Å². The van der Waals surface area contributed by atoms with E-state index in [-0.39, 0.29) is 0 Å². The van der Waals surface area contributed by atoms with Gasteiger partial charge in [0.1, 0.15) is 11.2 Å². The molecule has 0 aliphatic carbocycles. The number of thiophene rings is 1. The van der Waals surface area contributed by atoms with Crippen LogP contribution in [0.5, 0.6) is 0 Å². The largest absolute Gasteiger partial charge is 0.351 e. The Hall–Kier alpha value is -2.92. The zero-order chi connectivity index (χ0) is 17.3. The van der Waals surface area contributed by atoms with Crippen molar-refractivity contribution in [3.63, 3.8) is 0 Å². The molecular weight excluding hydrogens is 340 g/mol. The van der Waals surface area contributed by atoms with E-state index in [1.807, 2.05) is 16.9 Å². The first-order valence-electron chi connectivity index (χ1n) is 8.76. The van der Waals surface area contributed by atoms with Gasteiger partial charge in [-0.2, -0.15) is 5.10 Å². The van der Waals surface area contributed by atoms with Crippen molar-refractivity contribution in [1.29, 1.82) is 0 Å². The molecule has 3 aromatic heterocycles. The molecule has 0 spiro atoms. The molecular formula is C21H18N4S. The molecule has 1 aliphatic rings. The molecule has 4 heterocycles. The summed E-state index contributed by atoms with van der Waals surface area (Å²) in [6.45, 7) is 1.84. The van der Waals surface area contributed by atoms with Crippen LogP contribution in [-0.2, 0) is 0 Å². The van der Waals surface area contributed by atoms with Crippen LogP contribution in [-0.4, -0.2) is 27.7 Å². The molecule has 0 fully saturated rings. The van der Waals surface area contributed by atoms with Gasteiger partial charge in [-0.1, -0.05) is 42.5 Å². The number of hydrogen-bond acceptors (Lipinski definition) is 4. The number of rotatable bonds is 3. The van der Waals surface area contributed by atoms with E-state index in [2.05, 4.69) is 69.9 Å². The highest BCUT2D eigenvalue weighted by Crippen LogP contribution is 2.30. The van der Waals surface area contributed by atoms with Crippen LogP contribution in [0, 0.1) is 0 Å². The highest BCUT2D eigenvalue weighted by atomic mass is 32.1. The number of benzene rings is 1. The molecule has 1 aromatic carbocycles. The van der Waals surface area contributed by atoms with Crippen LogP contribution in [0.1, 0.15) is 12.0 Å². The van der Waals surface area contributed by atoms with Gasteiger partial charge in [-0.15, -0.1) is 11.3 Å². The van der Waals surface area contributed by atoms with Crippen LogP contribution in [0.3, 0.4) is 0 Å². The molecule has 1 aliphatic heterocycles. The average Bonchev–Trinajstić information content (AvgIpc) is 3.38. The maximum absolute atomic E-state index is 4.72. The summed E-state index contributed by atoms with van der Waals surface area (Å²) in [5.41, 5.74) is 4.81. The van der Waals surface area contributed by atoms with Crippen molar-refractivity contribution in [2.24, 2.45) is 0 Å². The lowest BCUT2D eigenvalue weighted by molar-refractivity contribution is 0.811. The third-order valence-electron chi connectivity index (χ3n) is 4.80. The summed E-state index contributed by atoms with van der Waals surface area (Å²) in [7, 11) is 0. The Balaban J connectivity index is 1.47. The van der Waals surface area contributed by atoms with E-state index in [4.69, 9.17) is 5.10 Å². The van der Waals surface area contributed by atoms with Crippen molar-refractivity contribution in [2.45, 2.75) is 6.42 Å². The molecule has 128 valence electrons. The fraction of sp³-hybridized carbons (Fsp3) is 0.143. The summed E-state index contributed by atoms with van der Waals surface area (Å²) >= 11 is 1.71. The fourth-order valence-corrected chi connectivity index (χ4v) is 4.15. The smallest absolute Gasteiger partial charge is 0.154 e. The van der Waals surface area contributed by atoms with Crippen molar-refractivity contribution in [2.75, 3.05) is 18.0 Å². The molecule has 4 aromatic rings. The van der Waals surface area contributed by atoms with Crippen molar-refractivity contribution >= 4 is 28.2 Å². The quantitative estimate of drug-likeness (QED) is 0.530. The third-order valence-corrected chi connectivity index (χ3v) is 5.69. The lowest BCUT2D eigenvalue weighted by atomic mass is 9.99. The van der Waals surface area contributed by atoms with E-state index in [0.717, 1.165) is 36.5 Å². The standard InChI is InChI=1S/C21H18N4S/c1-2-5-16(6-3-1)17-8-11-24(12-9-17)21-19-15-18(20-7-4-14-26-20)23-25(19)13-10-22-21/h1-8,10,13-15H,9,11-12H2. The van der Waals surface area contributed by atoms with E-state index in [0.29, 0.717) is 0 Å². The molecule has 5 heteroatoms. The Morgan fingerprint density at radius 2 is 1.96 bits per heavy atom. The minimum absolute atomic E-state index is 0.871. The third kappa shape index (κ3) is 2.70. The van der Waals surface area contributed by atoms with Gasteiger partial charge in [0.05, 0.1) is 4.88 Å². The number of fused-ring (bicyclic) bond motifs is 1. The molecule has 0 saturated carbocycles. The highest BCUT2D eigenvalue weighted by molar-refractivity contribution is 7.13. The SMILES string of the molecule is C1=C(c2ccccc2)CCN(c2nccn3nc(-c4cccs4)cc23)C1. The molecule has 0 bridgehead atoms. The summed E-state index contributed by atoms with van der Waals surface area (Å²) in [5.74, 6) is 1.01. The Bertz CT molecular complexity index is 1060. The summed E-state index contributed by atoms with van der Waals surface area (Å²) in [6.07, 6.45) is 7.11. The van der Waals surface area contributed by atoms with Gasteiger partial charge in [0.2, 0.25) is 0 Å². The Morgan fingerprint density at radius 1 is 1.04 bits per heavy atom. The summed E-state index contributed by atoms with van der Waals surface area (Å²) in [4.78, 5) is 8.18. The molecule has 0 atom stereocenters. The van der Waals surface area contributed by atoms with Gasteiger partial charge in [-0.3, -0.25) is 0 Å². The first kappa shape index (κ1) is 15.3. The van der Waals surface area contributed by atoms with Crippen molar-refractivity contribution in [3.8, 4) is 10.6 Å². The maximum Gasteiger partial charge on any atom is 0.154 e. The molecule has 5 rings (SSSR count). The highest BCUT2D eigenvalue weighted by Gasteiger charge is 2.18. The van der Waals surface area contributed by atoms with Crippen LogP contribution in [0.25, 0.3) is 21.7 Å². The normalized spacial score (nSPS) is 14.6. The Labute approximate surface area is 156 Å². The van der Waals surface area contributed by atoms with E-state index in [9.17, 15) is 0 Å². The lowest BCUT2D eigenvalue weighted by Crippen LogP contribution is -2.29. The van der Waals surface area contributed by atoms with Crippen LogP contribution in [0.2, 0.25) is 0 Å². The number of nitrogens with zero attached hydrogens (tertiary/aromatic N) is 4. The van der Waals surface area contributed by atoms with Gasteiger partial charge < -0.3 is 4.90 Å². The number of aromatic nitrogens is 3. The minimum atomic E-state index is 0.871. The topological polar surface area (TPSA) is 33.4 Å². The van der Waals surface area contributed by atoms with E-state index < -0.39 is 0 Å². The lowest BCUT2D eigenvalue weighted by Gasteiger charge is -2.28. The molecule has 0 N–H and O–H groups in total. The second-order valence-electron chi connectivity index (χ2n) is 6.38. The zero-order valence-electron chi connectivity index (χ0n) is 14.2. The van der Waals surface area contributed by atoms with Gasteiger partial charge >= 0.3 is 0 Å². The Kier molecular flexibility index (Phi) is 3.79. The molecule has 26 heavy (non-hydrogen) atoms. The molecule has 0 radical (unpaired) electrons. The van der Waals surface area contributed by atoms with Crippen LogP contribution >= 0.6 is 11.3 Å². The summed E-state index contributed by atoms with van der Waals surface area (Å²) in [6, 6.07) is 16.9. The second kappa shape index (κ2) is 6.42. The number of anilines is 1. The monoisotopic (exact) mass is 358 g/mol. The van der Waals surface area contributed by atoms with E-state index in [1.165, 1.54) is 16.0 Å². The van der Waals surface area contributed by atoms with Gasteiger partial charge in [0, 0.05) is 25.5 Å². The second-order valence-corrected chi connectivity index (χ2v) is 7.33. The van der Waals surface area contributed by atoms with Gasteiger partial charge in [-0.25, -0.2) is 9.50 Å². The van der Waals surface area contributed by atoms with E-state index >= 15 is 0 Å². The fourth-order valence-electron chi connectivity index (χ4n) is 3.47. The van der Waals surface area contributed by atoms with Crippen molar-refractivity contribution in [3.05, 3.63) is 77.9 Å². The van der Waals surface area contributed by atoms with Gasteiger partial charge in [-0.05, 0) is 35.1 Å². The van der Waals surface area contributed by atoms with Gasteiger partial charge in [0.15, 0.2) is 5.82 Å². The first-order valence-corrected chi connectivity index (χ1v) is 9.64. The molecule has 0 amide bonds. The van der Waals surface area contributed by atoms with Crippen molar-refractivity contribution < 1.29 is 0 Å². The van der Waals surface area contributed by atoms with Crippen LogP contribution in [0.4, 0.5) is 5.82 Å². The van der Waals surface area contributed by atoms with Crippen LogP contribution < -0.4 is 4.90 Å². The summed E-state index contributed by atoms with van der Waals surface area (Å²) in [5, 5.41) is 6.80. The predicted molar refractivity (Wildman–Crippen MR) is 108 cm³/mol. The Morgan fingerprint density at radius 3 is 2.73 bits per heavy atom. The molecule has 0 saturated heterocycles. The number of hydrogen-bond donors (Lipinski definition) is 0. The summed E-state index contributed by atoms with van der Waals surface area (Å²) < 4.78 is 1.94.